The van der Waals surface area contributed by atoms with E-state index in [0.717, 1.165) is 6.07 Å². The standard InChI is InChI=1S/C11H7BrCl2N4O3/c1-15-10-9(12)11(17-4-16-10)21-8-3-6(14)5(13)2-7(8)18(19)20/h2-4H,1H3,(H,15,16,17). The lowest BCUT2D eigenvalue weighted by Crippen LogP contribution is -1.99. The van der Waals surface area contributed by atoms with Crippen LogP contribution in [0, 0.1) is 10.1 Å². The van der Waals surface area contributed by atoms with Crippen molar-refractivity contribution in [3.63, 3.8) is 0 Å². The first-order valence-corrected chi connectivity index (χ1v) is 6.98. The molecule has 0 aliphatic rings. The average Bonchev–Trinajstić information content (AvgIpc) is 2.44. The molecule has 2 rings (SSSR count). The quantitative estimate of drug-likeness (QED) is 0.615. The summed E-state index contributed by atoms with van der Waals surface area (Å²) in [4.78, 5) is 18.3. The molecule has 0 aliphatic carbocycles. The van der Waals surface area contributed by atoms with Gasteiger partial charge in [0.2, 0.25) is 11.6 Å². The molecule has 0 saturated heterocycles. The Hall–Kier alpha value is -1.64. The third-order valence-corrected chi connectivity index (χ3v) is 3.84. The van der Waals surface area contributed by atoms with Gasteiger partial charge >= 0.3 is 5.69 Å². The van der Waals surface area contributed by atoms with Crippen LogP contribution in [0.5, 0.6) is 11.6 Å². The number of rotatable bonds is 4. The fourth-order valence-corrected chi connectivity index (χ4v) is 2.24. The summed E-state index contributed by atoms with van der Waals surface area (Å²) in [7, 11) is 1.67. The third kappa shape index (κ3) is 3.34. The topological polar surface area (TPSA) is 90.2 Å². The minimum Gasteiger partial charge on any atom is -0.430 e. The largest absolute Gasteiger partial charge is 0.430 e. The van der Waals surface area contributed by atoms with E-state index in [4.69, 9.17) is 27.9 Å². The highest BCUT2D eigenvalue weighted by atomic mass is 79.9. The van der Waals surface area contributed by atoms with Crippen molar-refractivity contribution in [1.29, 1.82) is 0 Å². The SMILES string of the molecule is CNc1ncnc(Oc2cc(Cl)c(Cl)cc2[N+](=O)[O-])c1Br. The first-order valence-electron chi connectivity index (χ1n) is 5.43. The van der Waals surface area contributed by atoms with Crippen molar-refractivity contribution in [3.05, 3.63) is 43.1 Å². The number of nitro groups is 1. The highest BCUT2D eigenvalue weighted by Crippen LogP contribution is 2.40. The lowest BCUT2D eigenvalue weighted by molar-refractivity contribution is -0.385. The molecular formula is C11H7BrCl2N4O3. The van der Waals surface area contributed by atoms with E-state index in [1.807, 2.05) is 0 Å². The fraction of sp³-hybridized carbons (Fsp3) is 0.0909. The maximum Gasteiger partial charge on any atom is 0.313 e. The van der Waals surface area contributed by atoms with Crippen LogP contribution in [-0.2, 0) is 0 Å². The molecule has 0 bridgehead atoms. The number of hydrogen-bond acceptors (Lipinski definition) is 6. The molecule has 0 unspecified atom stereocenters. The number of ether oxygens (including phenoxy) is 1. The van der Waals surface area contributed by atoms with Gasteiger partial charge in [0.05, 0.1) is 15.0 Å². The first-order chi connectivity index (χ1) is 9.93. The highest BCUT2D eigenvalue weighted by Gasteiger charge is 2.21. The van der Waals surface area contributed by atoms with Gasteiger partial charge in [-0.2, -0.15) is 0 Å². The molecule has 110 valence electrons. The predicted molar refractivity (Wildman–Crippen MR) is 82.5 cm³/mol. The van der Waals surface area contributed by atoms with E-state index in [0.29, 0.717) is 10.3 Å². The lowest BCUT2D eigenvalue weighted by atomic mass is 10.3. The number of halogens is 3. The number of benzene rings is 1. The van der Waals surface area contributed by atoms with Gasteiger partial charge in [-0.05, 0) is 15.9 Å². The van der Waals surface area contributed by atoms with E-state index < -0.39 is 4.92 Å². The van der Waals surface area contributed by atoms with Crippen LogP contribution in [0.15, 0.2) is 22.9 Å². The molecule has 0 radical (unpaired) electrons. The monoisotopic (exact) mass is 392 g/mol. The van der Waals surface area contributed by atoms with E-state index in [1.165, 1.54) is 12.4 Å². The van der Waals surface area contributed by atoms with Crippen LogP contribution in [-0.4, -0.2) is 21.9 Å². The number of nitrogens with zero attached hydrogens (tertiary/aromatic N) is 3. The Morgan fingerprint density at radius 3 is 2.62 bits per heavy atom. The Labute approximate surface area is 137 Å². The lowest BCUT2D eigenvalue weighted by Gasteiger charge is -2.10. The van der Waals surface area contributed by atoms with Gasteiger partial charge in [-0.25, -0.2) is 9.97 Å². The van der Waals surface area contributed by atoms with Gasteiger partial charge in [0.1, 0.15) is 16.6 Å². The summed E-state index contributed by atoms with van der Waals surface area (Å²) in [6.45, 7) is 0. The molecule has 0 saturated carbocycles. The van der Waals surface area contributed by atoms with Crippen LogP contribution >= 0.6 is 39.1 Å². The molecule has 0 spiro atoms. The summed E-state index contributed by atoms with van der Waals surface area (Å²) in [6.07, 6.45) is 1.26. The van der Waals surface area contributed by atoms with Crippen LogP contribution in [0.2, 0.25) is 10.0 Å². The van der Waals surface area contributed by atoms with Crippen LogP contribution in [0.25, 0.3) is 0 Å². The van der Waals surface area contributed by atoms with Crippen LogP contribution in [0.4, 0.5) is 11.5 Å². The van der Waals surface area contributed by atoms with E-state index >= 15 is 0 Å². The number of hydrogen-bond donors (Lipinski definition) is 1. The Morgan fingerprint density at radius 1 is 1.33 bits per heavy atom. The smallest absolute Gasteiger partial charge is 0.313 e. The zero-order valence-corrected chi connectivity index (χ0v) is 13.5. The van der Waals surface area contributed by atoms with Gasteiger partial charge in [0.25, 0.3) is 0 Å². The zero-order chi connectivity index (χ0) is 15.6. The van der Waals surface area contributed by atoms with Crippen molar-refractivity contribution in [3.8, 4) is 11.6 Å². The molecule has 0 amide bonds. The number of nitrogens with one attached hydrogen (secondary N) is 1. The van der Waals surface area contributed by atoms with Crippen LogP contribution < -0.4 is 10.1 Å². The van der Waals surface area contributed by atoms with E-state index in [-0.39, 0.29) is 27.4 Å². The Morgan fingerprint density at radius 2 is 2.00 bits per heavy atom. The second-order valence-corrected chi connectivity index (χ2v) is 5.29. The van der Waals surface area contributed by atoms with E-state index in [2.05, 4.69) is 31.2 Å². The van der Waals surface area contributed by atoms with Gasteiger partial charge in [0.15, 0.2) is 0 Å². The summed E-state index contributed by atoms with van der Waals surface area (Å²) < 4.78 is 5.88. The fourth-order valence-electron chi connectivity index (χ4n) is 1.45. The highest BCUT2D eigenvalue weighted by molar-refractivity contribution is 9.10. The van der Waals surface area contributed by atoms with E-state index in [9.17, 15) is 10.1 Å². The molecule has 1 aromatic heterocycles. The maximum atomic E-state index is 11.1. The zero-order valence-electron chi connectivity index (χ0n) is 10.4. The number of aromatic nitrogens is 2. The molecule has 1 N–H and O–H groups in total. The minimum atomic E-state index is -0.619. The molecular weight excluding hydrogens is 387 g/mol. The second-order valence-electron chi connectivity index (χ2n) is 3.68. The van der Waals surface area contributed by atoms with E-state index in [1.54, 1.807) is 7.05 Å². The number of anilines is 1. The van der Waals surface area contributed by atoms with Crippen LogP contribution in [0.3, 0.4) is 0 Å². The van der Waals surface area contributed by atoms with Crippen molar-refractivity contribution < 1.29 is 9.66 Å². The normalized spacial score (nSPS) is 10.3. The first kappa shape index (κ1) is 15.7. The predicted octanol–water partition coefficient (Wildman–Crippen LogP) is 4.29. The summed E-state index contributed by atoms with van der Waals surface area (Å²) in [5.41, 5.74) is -0.319. The average molecular weight is 394 g/mol. The maximum absolute atomic E-state index is 11.1. The van der Waals surface area contributed by atoms with Crippen molar-refractivity contribution in [2.75, 3.05) is 12.4 Å². The Kier molecular flexibility index (Phi) is 4.81. The second kappa shape index (κ2) is 6.42. The van der Waals surface area contributed by atoms with Gasteiger partial charge in [0, 0.05) is 19.2 Å². The third-order valence-electron chi connectivity index (χ3n) is 2.40. The Balaban J connectivity index is 2.49. The molecule has 0 atom stereocenters. The molecule has 1 aromatic carbocycles. The minimum absolute atomic E-state index is 0.0633. The molecule has 10 heteroatoms. The van der Waals surface area contributed by atoms with Gasteiger partial charge in [-0.3, -0.25) is 10.1 Å². The van der Waals surface area contributed by atoms with Gasteiger partial charge in [-0.15, -0.1) is 0 Å². The molecule has 7 nitrogen and oxygen atoms in total. The summed E-state index contributed by atoms with van der Waals surface area (Å²) in [6, 6.07) is 2.38. The molecule has 2 aromatic rings. The molecule has 1 heterocycles. The summed E-state index contributed by atoms with van der Waals surface area (Å²) in [5, 5.41) is 14.1. The van der Waals surface area contributed by atoms with Crippen molar-refractivity contribution >= 4 is 50.6 Å². The summed E-state index contributed by atoms with van der Waals surface area (Å²) >= 11 is 14.9. The van der Waals surface area contributed by atoms with Gasteiger partial charge in [-0.1, -0.05) is 23.2 Å². The molecule has 21 heavy (non-hydrogen) atoms. The summed E-state index contributed by atoms with van der Waals surface area (Å²) in [5.74, 6) is 0.509. The Bertz CT molecular complexity index is 714. The van der Waals surface area contributed by atoms with Crippen molar-refractivity contribution in [2.45, 2.75) is 0 Å². The van der Waals surface area contributed by atoms with Crippen LogP contribution in [0.1, 0.15) is 0 Å². The molecule has 0 fully saturated rings. The number of nitro benzene ring substituents is 1. The van der Waals surface area contributed by atoms with Crippen molar-refractivity contribution in [2.24, 2.45) is 0 Å². The molecule has 0 aliphatic heterocycles. The van der Waals surface area contributed by atoms with Gasteiger partial charge < -0.3 is 10.1 Å². The van der Waals surface area contributed by atoms with Crippen molar-refractivity contribution in [1.82, 2.24) is 9.97 Å².